The number of benzene rings is 1. The van der Waals surface area contributed by atoms with Crippen LogP contribution in [0, 0.1) is 6.92 Å². The fourth-order valence-corrected chi connectivity index (χ4v) is 1.73. The second-order valence-electron chi connectivity index (χ2n) is 3.66. The molecule has 0 atom stereocenters. The Kier molecular flexibility index (Phi) is 2.46. The molecule has 0 saturated heterocycles. The van der Waals surface area contributed by atoms with Crippen LogP contribution in [0.4, 0.5) is 0 Å². The van der Waals surface area contributed by atoms with Crippen molar-refractivity contribution < 1.29 is 5.32 Å². The maximum atomic E-state index is 2.34. The summed E-state index contributed by atoms with van der Waals surface area (Å²) in [6.45, 7) is 4.51. The molecular formula is C12H16N+. The summed E-state index contributed by atoms with van der Waals surface area (Å²) in [6, 6.07) is 8.84. The van der Waals surface area contributed by atoms with Gasteiger partial charge in [-0.1, -0.05) is 29.8 Å². The summed E-state index contributed by atoms with van der Waals surface area (Å²) >= 11 is 0. The fourth-order valence-electron chi connectivity index (χ4n) is 1.73. The van der Waals surface area contributed by atoms with Gasteiger partial charge in [-0.15, -0.1) is 0 Å². The monoisotopic (exact) mass is 174 g/mol. The van der Waals surface area contributed by atoms with Gasteiger partial charge in [-0.3, -0.25) is 0 Å². The Labute approximate surface area is 79.5 Å². The zero-order valence-corrected chi connectivity index (χ0v) is 8.09. The van der Waals surface area contributed by atoms with E-state index in [0.717, 1.165) is 6.54 Å². The predicted molar refractivity (Wildman–Crippen MR) is 55.4 cm³/mol. The average molecular weight is 174 g/mol. The molecule has 1 heteroatoms. The minimum Gasteiger partial charge on any atom is -0.343 e. The molecule has 0 saturated carbocycles. The molecule has 68 valence electrons. The molecule has 2 rings (SSSR count). The van der Waals surface area contributed by atoms with Crippen molar-refractivity contribution in [3.05, 3.63) is 41.5 Å². The van der Waals surface area contributed by atoms with Gasteiger partial charge in [0.2, 0.25) is 0 Å². The highest BCUT2D eigenvalue weighted by Gasteiger charge is 2.06. The van der Waals surface area contributed by atoms with Crippen molar-refractivity contribution in [1.29, 1.82) is 0 Å². The van der Waals surface area contributed by atoms with Crippen LogP contribution in [0.5, 0.6) is 0 Å². The first-order valence-electron chi connectivity index (χ1n) is 4.94. The molecule has 1 nitrogen and oxygen atoms in total. The molecule has 1 aromatic carbocycles. The summed E-state index contributed by atoms with van der Waals surface area (Å²) in [4.78, 5) is 0. The van der Waals surface area contributed by atoms with Crippen LogP contribution in [0.3, 0.4) is 0 Å². The highest BCUT2D eigenvalue weighted by molar-refractivity contribution is 5.66. The van der Waals surface area contributed by atoms with Gasteiger partial charge in [0.05, 0.1) is 13.1 Å². The predicted octanol–water partition coefficient (Wildman–Crippen LogP) is 1.35. The van der Waals surface area contributed by atoms with Crippen LogP contribution in [0.25, 0.3) is 5.57 Å². The van der Waals surface area contributed by atoms with Crippen molar-refractivity contribution in [2.24, 2.45) is 0 Å². The van der Waals surface area contributed by atoms with Gasteiger partial charge in [0.25, 0.3) is 0 Å². The molecule has 0 aliphatic carbocycles. The van der Waals surface area contributed by atoms with Crippen LogP contribution in [-0.2, 0) is 0 Å². The van der Waals surface area contributed by atoms with Crippen molar-refractivity contribution in [3.8, 4) is 0 Å². The molecule has 0 spiro atoms. The number of aryl methyl sites for hydroxylation is 1. The number of hydrogen-bond donors (Lipinski definition) is 1. The number of nitrogens with two attached hydrogens (primary N) is 1. The third-order valence-electron chi connectivity index (χ3n) is 2.57. The Morgan fingerprint density at radius 1 is 1.15 bits per heavy atom. The lowest BCUT2D eigenvalue weighted by Gasteiger charge is -2.11. The second-order valence-corrected chi connectivity index (χ2v) is 3.66. The van der Waals surface area contributed by atoms with E-state index in [2.05, 4.69) is 42.6 Å². The van der Waals surface area contributed by atoms with Gasteiger partial charge >= 0.3 is 0 Å². The summed E-state index contributed by atoms with van der Waals surface area (Å²) in [7, 11) is 0. The molecule has 0 radical (unpaired) electrons. The maximum absolute atomic E-state index is 2.34. The highest BCUT2D eigenvalue weighted by atomic mass is 14.8. The van der Waals surface area contributed by atoms with Gasteiger partial charge in [-0.05, 0) is 24.1 Å². The normalized spacial score (nSPS) is 16.8. The summed E-state index contributed by atoms with van der Waals surface area (Å²) in [6.07, 6.45) is 3.55. The number of hydrogen-bond acceptors (Lipinski definition) is 0. The van der Waals surface area contributed by atoms with Crippen molar-refractivity contribution in [2.75, 3.05) is 13.1 Å². The van der Waals surface area contributed by atoms with Crippen LogP contribution >= 0.6 is 0 Å². The first-order valence-corrected chi connectivity index (χ1v) is 4.94. The first kappa shape index (κ1) is 8.52. The lowest BCUT2D eigenvalue weighted by molar-refractivity contribution is -0.646. The quantitative estimate of drug-likeness (QED) is 0.662. The van der Waals surface area contributed by atoms with Gasteiger partial charge in [-0.2, -0.15) is 0 Å². The molecule has 1 aliphatic heterocycles. The molecular weight excluding hydrogens is 158 g/mol. The van der Waals surface area contributed by atoms with E-state index < -0.39 is 0 Å². The Morgan fingerprint density at radius 2 is 1.92 bits per heavy atom. The van der Waals surface area contributed by atoms with Crippen molar-refractivity contribution in [2.45, 2.75) is 13.3 Å². The number of quaternary nitrogens is 1. The van der Waals surface area contributed by atoms with E-state index in [1.165, 1.54) is 29.7 Å². The van der Waals surface area contributed by atoms with E-state index in [0.29, 0.717) is 0 Å². The van der Waals surface area contributed by atoms with E-state index in [1.54, 1.807) is 0 Å². The maximum Gasteiger partial charge on any atom is 0.0948 e. The zero-order chi connectivity index (χ0) is 9.10. The minimum atomic E-state index is 1.14. The van der Waals surface area contributed by atoms with E-state index in [9.17, 15) is 0 Å². The minimum absolute atomic E-state index is 1.14. The topological polar surface area (TPSA) is 16.6 Å². The molecule has 1 heterocycles. The van der Waals surface area contributed by atoms with Gasteiger partial charge in [0.15, 0.2) is 0 Å². The summed E-state index contributed by atoms with van der Waals surface area (Å²) in [5.41, 5.74) is 4.26. The Balaban J connectivity index is 2.24. The largest absolute Gasteiger partial charge is 0.343 e. The number of rotatable bonds is 1. The van der Waals surface area contributed by atoms with Crippen LogP contribution in [0.2, 0.25) is 0 Å². The molecule has 0 fully saturated rings. The van der Waals surface area contributed by atoms with E-state index in [4.69, 9.17) is 0 Å². The highest BCUT2D eigenvalue weighted by Crippen LogP contribution is 2.18. The summed E-state index contributed by atoms with van der Waals surface area (Å²) in [5.74, 6) is 0. The van der Waals surface area contributed by atoms with Crippen LogP contribution in [0.15, 0.2) is 30.3 Å². The molecule has 13 heavy (non-hydrogen) atoms. The molecule has 0 bridgehead atoms. The Morgan fingerprint density at radius 3 is 2.54 bits per heavy atom. The lowest BCUT2D eigenvalue weighted by Crippen LogP contribution is -2.84. The Hall–Kier alpha value is -1.08. The van der Waals surface area contributed by atoms with Crippen LogP contribution < -0.4 is 5.32 Å². The standard InChI is InChI=1S/C12H15N/c1-10-2-4-11(5-3-10)12-6-8-13-9-7-12/h2-6,13H,7-9H2,1H3/p+1. The summed E-state index contributed by atoms with van der Waals surface area (Å²) < 4.78 is 0. The molecule has 0 aromatic heterocycles. The second kappa shape index (κ2) is 3.75. The smallest absolute Gasteiger partial charge is 0.0948 e. The van der Waals surface area contributed by atoms with Crippen LogP contribution in [0.1, 0.15) is 17.5 Å². The Bertz CT molecular complexity index is 308. The molecule has 0 unspecified atom stereocenters. The van der Waals surface area contributed by atoms with Crippen LogP contribution in [-0.4, -0.2) is 13.1 Å². The first-order chi connectivity index (χ1) is 6.36. The van der Waals surface area contributed by atoms with Gasteiger partial charge in [0.1, 0.15) is 0 Å². The SMILES string of the molecule is Cc1ccc(C2=CC[NH2+]CC2)cc1. The van der Waals surface area contributed by atoms with Gasteiger partial charge in [-0.25, -0.2) is 0 Å². The third-order valence-corrected chi connectivity index (χ3v) is 2.57. The van der Waals surface area contributed by atoms with E-state index in [1.807, 2.05) is 0 Å². The molecule has 0 amide bonds. The van der Waals surface area contributed by atoms with E-state index in [-0.39, 0.29) is 0 Å². The average Bonchev–Trinajstić information content (AvgIpc) is 2.20. The lowest BCUT2D eigenvalue weighted by atomic mass is 9.99. The fraction of sp³-hybridized carbons (Fsp3) is 0.333. The van der Waals surface area contributed by atoms with E-state index >= 15 is 0 Å². The molecule has 1 aliphatic rings. The molecule has 2 N–H and O–H groups in total. The molecule has 1 aromatic rings. The summed E-state index contributed by atoms with van der Waals surface area (Å²) in [5, 5.41) is 2.34. The third kappa shape index (κ3) is 1.99. The van der Waals surface area contributed by atoms with Crippen molar-refractivity contribution in [3.63, 3.8) is 0 Å². The van der Waals surface area contributed by atoms with Gasteiger partial charge in [0, 0.05) is 6.42 Å². The van der Waals surface area contributed by atoms with Crippen molar-refractivity contribution >= 4 is 5.57 Å². The zero-order valence-electron chi connectivity index (χ0n) is 8.09. The van der Waals surface area contributed by atoms with Gasteiger partial charge < -0.3 is 5.32 Å². The van der Waals surface area contributed by atoms with Crippen molar-refractivity contribution in [1.82, 2.24) is 0 Å².